The molecule has 1 aliphatic carbocycles. The zero-order valence-electron chi connectivity index (χ0n) is 11.2. The third-order valence-electron chi connectivity index (χ3n) is 4.43. The Morgan fingerprint density at radius 1 is 1.26 bits per heavy atom. The first-order chi connectivity index (χ1) is 9.16. The Balaban J connectivity index is 1.86. The lowest BCUT2D eigenvalue weighted by Gasteiger charge is -2.37. The number of hydrogen-bond donors (Lipinski definition) is 0. The van der Waals surface area contributed by atoms with E-state index in [0.29, 0.717) is 17.7 Å². The highest BCUT2D eigenvalue weighted by molar-refractivity contribution is 5.92. The summed E-state index contributed by atoms with van der Waals surface area (Å²) in [5.41, 5.74) is 0.198. The number of aryl methyl sites for hydroxylation is 1. The summed E-state index contributed by atoms with van der Waals surface area (Å²) in [6.07, 6.45) is 5.91. The van der Waals surface area contributed by atoms with Gasteiger partial charge in [-0.1, -0.05) is 6.42 Å². The summed E-state index contributed by atoms with van der Waals surface area (Å²) in [5.74, 6) is 0.650. The molecule has 1 amide bonds. The summed E-state index contributed by atoms with van der Waals surface area (Å²) < 4.78 is 1.23. The second kappa shape index (κ2) is 4.79. The predicted octanol–water partition coefficient (Wildman–Crippen LogP) is 1.19. The summed E-state index contributed by atoms with van der Waals surface area (Å²) in [6, 6.07) is 3.35. The molecule has 1 saturated carbocycles. The van der Waals surface area contributed by atoms with Crippen molar-refractivity contribution in [2.75, 3.05) is 6.54 Å². The van der Waals surface area contributed by atoms with E-state index in [-0.39, 0.29) is 11.5 Å². The van der Waals surface area contributed by atoms with Crippen LogP contribution in [0.15, 0.2) is 16.9 Å². The van der Waals surface area contributed by atoms with Crippen LogP contribution in [0.1, 0.15) is 42.6 Å². The Labute approximate surface area is 112 Å². The van der Waals surface area contributed by atoms with Crippen LogP contribution >= 0.6 is 0 Å². The maximum Gasteiger partial charge on any atom is 0.274 e. The molecule has 19 heavy (non-hydrogen) atoms. The summed E-state index contributed by atoms with van der Waals surface area (Å²) in [6.45, 7) is 0.824. The van der Waals surface area contributed by atoms with Gasteiger partial charge in [-0.2, -0.15) is 5.10 Å². The van der Waals surface area contributed by atoms with Crippen LogP contribution in [0.5, 0.6) is 0 Å². The molecule has 0 aromatic carbocycles. The first-order valence-electron chi connectivity index (χ1n) is 7.02. The van der Waals surface area contributed by atoms with E-state index in [1.165, 1.54) is 30.0 Å². The van der Waals surface area contributed by atoms with Crippen molar-refractivity contribution in [3.05, 3.63) is 28.2 Å². The Morgan fingerprint density at radius 2 is 2.05 bits per heavy atom. The fourth-order valence-corrected chi connectivity index (χ4v) is 3.47. The van der Waals surface area contributed by atoms with Crippen LogP contribution in [0.3, 0.4) is 0 Å². The molecule has 1 aromatic heterocycles. The first kappa shape index (κ1) is 12.4. The lowest BCUT2D eigenvalue weighted by molar-refractivity contribution is 0.0540. The van der Waals surface area contributed by atoms with Gasteiger partial charge >= 0.3 is 0 Å². The SMILES string of the molecule is Cn1nc(C(=O)N2CCCC3CCCC32)ccc1=O. The number of aromatic nitrogens is 2. The Kier molecular flexibility index (Phi) is 3.12. The van der Waals surface area contributed by atoms with E-state index in [1.54, 1.807) is 13.1 Å². The Morgan fingerprint density at radius 3 is 2.84 bits per heavy atom. The minimum Gasteiger partial charge on any atom is -0.334 e. The third-order valence-corrected chi connectivity index (χ3v) is 4.43. The highest BCUT2D eigenvalue weighted by Crippen LogP contribution is 2.37. The fraction of sp³-hybridized carbons (Fsp3) is 0.643. The van der Waals surface area contributed by atoms with Crippen LogP contribution in [0.2, 0.25) is 0 Å². The minimum atomic E-state index is -0.186. The zero-order chi connectivity index (χ0) is 13.4. The number of piperidine rings is 1. The van der Waals surface area contributed by atoms with Gasteiger partial charge in [0.05, 0.1) is 0 Å². The summed E-state index contributed by atoms with van der Waals surface area (Å²) in [5, 5.41) is 4.07. The third kappa shape index (κ3) is 2.17. The Bertz CT molecular complexity index is 552. The van der Waals surface area contributed by atoms with E-state index in [2.05, 4.69) is 5.10 Å². The van der Waals surface area contributed by atoms with E-state index in [9.17, 15) is 9.59 Å². The molecule has 5 nitrogen and oxygen atoms in total. The summed E-state index contributed by atoms with van der Waals surface area (Å²) in [7, 11) is 1.58. The molecule has 0 N–H and O–H groups in total. The van der Waals surface area contributed by atoms with Crippen LogP contribution < -0.4 is 5.56 Å². The number of carbonyl (C=O) groups excluding carboxylic acids is 1. The fourth-order valence-electron chi connectivity index (χ4n) is 3.47. The summed E-state index contributed by atoms with van der Waals surface area (Å²) in [4.78, 5) is 25.9. The van der Waals surface area contributed by atoms with Crippen molar-refractivity contribution in [2.24, 2.45) is 13.0 Å². The van der Waals surface area contributed by atoms with Gasteiger partial charge in [-0.05, 0) is 37.7 Å². The average Bonchev–Trinajstić information content (AvgIpc) is 2.89. The molecule has 2 heterocycles. The number of fused-ring (bicyclic) bond motifs is 1. The lowest BCUT2D eigenvalue weighted by Crippen LogP contribution is -2.46. The highest BCUT2D eigenvalue weighted by Gasteiger charge is 2.37. The summed E-state index contributed by atoms with van der Waals surface area (Å²) >= 11 is 0. The first-order valence-corrected chi connectivity index (χ1v) is 7.02. The van der Waals surface area contributed by atoms with Gasteiger partial charge in [0, 0.05) is 25.7 Å². The topological polar surface area (TPSA) is 55.2 Å². The molecular weight excluding hydrogens is 242 g/mol. The van der Waals surface area contributed by atoms with Gasteiger partial charge in [0.2, 0.25) is 0 Å². The van der Waals surface area contributed by atoms with Gasteiger partial charge in [0.15, 0.2) is 0 Å². The molecular formula is C14H19N3O2. The van der Waals surface area contributed by atoms with Gasteiger partial charge in [-0.25, -0.2) is 4.68 Å². The van der Waals surface area contributed by atoms with Crippen molar-refractivity contribution >= 4 is 5.91 Å². The molecule has 0 radical (unpaired) electrons. The molecule has 1 aliphatic heterocycles. The maximum atomic E-state index is 12.6. The van der Waals surface area contributed by atoms with Crippen molar-refractivity contribution < 1.29 is 4.79 Å². The van der Waals surface area contributed by atoms with Gasteiger partial charge in [0.25, 0.3) is 11.5 Å². The normalized spacial score (nSPS) is 26.3. The van der Waals surface area contributed by atoms with Crippen LogP contribution in [-0.4, -0.2) is 33.2 Å². The lowest BCUT2D eigenvalue weighted by atomic mass is 9.92. The number of rotatable bonds is 1. The number of nitrogens with zero attached hydrogens (tertiary/aromatic N) is 3. The standard InChI is InChI=1S/C14H19N3O2/c1-16-13(18)8-7-11(15-16)14(19)17-9-3-5-10-4-2-6-12(10)17/h7-8,10,12H,2-6,9H2,1H3. The monoisotopic (exact) mass is 261 g/mol. The van der Waals surface area contributed by atoms with Crippen molar-refractivity contribution in [3.63, 3.8) is 0 Å². The molecule has 2 atom stereocenters. The molecule has 2 aliphatic rings. The van der Waals surface area contributed by atoms with Gasteiger partial charge < -0.3 is 4.90 Å². The molecule has 1 aromatic rings. The number of carbonyl (C=O) groups is 1. The minimum absolute atomic E-state index is 0.0211. The van der Waals surface area contributed by atoms with Gasteiger partial charge in [-0.15, -0.1) is 0 Å². The van der Waals surface area contributed by atoms with Crippen LogP contribution in [0, 0.1) is 5.92 Å². The quantitative estimate of drug-likeness (QED) is 0.763. The molecule has 0 spiro atoms. The molecule has 2 unspecified atom stereocenters. The molecule has 5 heteroatoms. The molecule has 1 saturated heterocycles. The molecule has 0 bridgehead atoms. The van der Waals surface area contributed by atoms with Gasteiger partial charge in [0.1, 0.15) is 5.69 Å². The average molecular weight is 261 g/mol. The van der Waals surface area contributed by atoms with E-state index < -0.39 is 0 Å². The van der Waals surface area contributed by atoms with E-state index in [0.717, 1.165) is 19.4 Å². The van der Waals surface area contributed by atoms with Crippen LogP contribution in [0.25, 0.3) is 0 Å². The second-order valence-corrected chi connectivity index (χ2v) is 5.58. The zero-order valence-corrected chi connectivity index (χ0v) is 11.2. The Hall–Kier alpha value is -1.65. The van der Waals surface area contributed by atoms with Crippen molar-refractivity contribution in [2.45, 2.75) is 38.1 Å². The number of amides is 1. The van der Waals surface area contributed by atoms with Crippen molar-refractivity contribution in [3.8, 4) is 0 Å². The maximum absolute atomic E-state index is 12.6. The smallest absolute Gasteiger partial charge is 0.274 e. The number of likely N-dealkylation sites (tertiary alicyclic amines) is 1. The van der Waals surface area contributed by atoms with E-state index in [1.807, 2.05) is 4.90 Å². The van der Waals surface area contributed by atoms with Crippen molar-refractivity contribution in [1.82, 2.24) is 14.7 Å². The molecule has 2 fully saturated rings. The second-order valence-electron chi connectivity index (χ2n) is 5.58. The number of hydrogen-bond acceptors (Lipinski definition) is 3. The van der Waals surface area contributed by atoms with E-state index in [4.69, 9.17) is 0 Å². The van der Waals surface area contributed by atoms with Gasteiger partial charge in [-0.3, -0.25) is 9.59 Å². The van der Waals surface area contributed by atoms with E-state index >= 15 is 0 Å². The molecule has 3 rings (SSSR count). The highest BCUT2D eigenvalue weighted by atomic mass is 16.2. The molecule has 102 valence electrons. The largest absolute Gasteiger partial charge is 0.334 e. The predicted molar refractivity (Wildman–Crippen MR) is 70.9 cm³/mol. The van der Waals surface area contributed by atoms with Crippen molar-refractivity contribution in [1.29, 1.82) is 0 Å². The van der Waals surface area contributed by atoms with Crippen LogP contribution in [0.4, 0.5) is 0 Å². The van der Waals surface area contributed by atoms with Crippen LogP contribution in [-0.2, 0) is 7.05 Å².